The fourth-order valence-electron chi connectivity index (χ4n) is 9.94. The van der Waals surface area contributed by atoms with Crippen LogP contribution < -0.4 is 10.6 Å². The predicted molar refractivity (Wildman–Crippen MR) is 227 cm³/mol. The Bertz CT molecular complexity index is 2220. The molecule has 59 heavy (non-hydrogen) atoms. The van der Waals surface area contributed by atoms with Crippen molar-refractivity contribution in [3.8, 4) is 11.1 Å². The standard InChI is InChI=1S/C45H57ClN8O5/c1-27-32(33-8-6-10-35(40(33)46)50-44(57)42-48-37-26-54(24-21-39(37)52(42)3)30-15-17-31(55)18-16-30)7-5-9-34(27)49-43(56)41-47-36-25-53(23-20-38(36)51(41)2)22-19-28-11-13-29(14-12-28)45(58)59-4/h5-10,28-31,55H,11-26H2,1-4H3,(H,49,56)(H,50,57). The first-order chi connectivity index (χ1) is 28.5. The molecule has 0 unspecified atom stereocenters. The predicted octanol–water partition coefficient (Wildman–Crippen LogP) is 6.68. The molecule has 14 heteroatoms. The van der Waals surface area contributed by atoms with Crippen LogP contribution in [0.15, 0.2) is 36.4 Å². The molecular formula is C45H57ClN8O5. The molecule has 314 valence electrons. The zero-order valence-electron chi connectivity index (χ0n) is 34.7. The van der Waals surface area contributed by atoms with Crippen molar-refractivity contribution in [3.05, 3.63) is 81.4 Å². The summed E-state index contributed by atoms with van der Waals surface area (Å²) in [5.41, 5.74) is 7.58. The minimum atomic E-state index is -0.328. The molecular weight excluding hydrogens is 768 g/mol. The van der Waals surface area contributed by atoms with Crippen molar-refractivity contribution in [2.75, 3.05) is 37.4 Å². The third-order valence-corrected chi connectivity index (χ3v) is 14.0. The third kappa shape index (κ3) is 8.57. The number of rotatable bonds is 10. The van der Waals surface area contributed by atoms with Crippen LogP contribution in [0.1, 0.15) is 107 Å². The van der Waals surface area contributed by atoms with E-state index in [4.69, 9.17) is 26.3 Å². The zero-order chi connectivity index (χ0) is 41.4. The van der Waals surface area contributed by atoms with Crippen LogP contribution >= 0.6 is 11.6 Å². The Hall–Kier alpha value is -4.56. The number of hydrogen-bond acceptors (Lipinski definition) is 9. The van der Waals surface area contributed by atoms with Crippen LogP contribution in [0.5, 0.6) is 0 Å². The van der Waals surface area contributed by atoms with Crippen LogP contribution in [0.2, 0.25) is 5.02 Å². The molecule has 2 fully saturated rings. The quantitative estimate of drug-likeness (QED) is 0.149. The van der Waals surface area contributed by atoms with Gasteiger partial charge < -0.3 is 29.6 Å². The van der Waals surface area contributed by atoms with Crippen molar-refractivity contribution >= 4 is 40.8 Å². The maximum atomic E-state index is 13.8. The summed E-state index contributed by atoms with van der Waals surface area (Å²) in [4.78, 5) is 54.0. The molecule has 2 amide bonds. The van der Waals surface area contributed by atoms with Gasteiger partial charge >= 0.3 is 5.97 Å². The minimum absolute atomic E-state index is 0.0441. The summed E-state index contributed by atoms with van der Waals surface area (Å²) >= 11 is 7.05. The number of amides is 2. The van der Waals surface area contributed by atoms with Gasteiger partial charge in [-0.3, -0.25) is 24.2 Å². The number of anilines is 2. The van der Waals surface area contributed by atoms with Crippen LogP contribution in [0.3, 0.4) is 0 Å². The lowest BCUT2D eigenvalue weighted by Crippen LogP contribution is -2.42. The maximum Gasteiger partial charge on any atom is 0.308 e. The number of methoxy groups -OCH3 is 1. The average Bonchev–Trinajstić information content (AvgIpc) is 3.76. The number of aliphatic hydroxyl groups excluding tert-OH is 1. The van der Waals surface area contributed by atoms with Crippen molar-refractivity contribution < 1.29 is 24.2 Å². The molecule has 0 atom stereocenters. The van der Waals surface area contributed by atoms with Crippen molar-refractivity contribution in [1.82, 2.24) is 28.9 Å². The van der Waals surface area contributed by atoms with Gasteiger partial charge in [-0.2, -0.15) is 0 Å². The van der Waals surface area contributed by atoms with E-state index in [9.17, 15) is 19.5 Å². The average molecular weight is 825 g/mol. The molecule has 0 radical (unpaired) electrons. The molecule has 0 saturated heterocycles. The molecule has 2 aromatic heterocycles. The van der Waals surface area contributed by atoms with Gasteiger partial charge in [-0.05, 0) is 100 Å². The van der Waals surface area contributed by atoms with Gasteiger partial charge in [-0.15, -0.1) is 0 Å². The molecule has 3 N–H and O–H groups in total. The fraction of sp³-hybridized carbons (Fsp3) is 0.533. The van der Waals surface area contributed by atoms with E-state index in [1.165, 1.54) is 7.11 Å². The molecule has 4 aliphatic rings. The summed E-state index contributed by atoms with van der Waals surface area (Å²) in [6.07, 6.45) is 10.1. The summed E-state index contributed by atoms with van der Waals surface area (Å²) in [7, 11) is 5.28. The second kappa shape index (κ2) is 17.6. The number of benzene rings is 2. The Balaban J connectivity index is 0.909. The highest BCUT2D eigenvalue weighted by atomic mass is 35.5. The van der Waals surface area contributed by atoms with Gasteiger partial charge in [0, 0.05) is 81.8 Å². The number of aliphatic hydroxyl groups is 1. The Labute approximate surface area is 351 Å². The molecule has 13 nitrogen and oxygen atoms in total. The minimum Gasteiger partial charge on any atom is -0.469 e. The number of nitrogens with zero attached hydrogens (tertiary/aromatic N) is 6. The Morgan fingerprint density at radius 2 is 1.39 bits per heavy atom. The van der Waals surface area contributed by atoms with Crippen molar-refractivity contribution in [2.24, 2.45) is 25.9 Å². The first kappa shape index (κ1) is 41.2. The van der Waals surface area contributed by atoms with Crippen LogP contribution in [-0.4, -0.2) is 90.7 Å². The molecule has 0 spiro atoms. The summed E-state index contributed by atoms with van der Waals surface area (Å²) in [6.45, 7) is 6.16. The van der Waals surface area contributed by atoms with Gasteiger partial charge in [-0.25, -0.2) is 9.97 Å². The van der Waals surface area contributed by atoms with Gasteiger partial charge in [0.2, 0.25) is 0 Å². The largest absolute Gasteiger partial charge is 0.469 e. The summed E-state index contributed by atoms with van der Waals surface area (Å²) in [6, 6.07) is 11.7. The van der Waals surface area contributed by atoms with E-state index in [1.54, 1.807) is 6.07 Å². The number of esters is 1. The van der Waals surface area contributed by atoms with E-state index in [1.807, 2.05) is 60.5 Å². The van der Waals surface area contributed by atoms with Gasteiger partial charge in [0.25, 0.3) is 11.8 Å². The van der Waals surface area contributed by atoms with E-state index in [2.05, 4.69) is 20.4 Å². The normalized spacial score (nSPS) is 22.3. The highest BCUT2D eigenvalue weighted by molar-refractivity contribution is 6.36. The number of nitrogens with one attached hydrogen (secondary N) is 2. The van der Waals surface area contributed by atoms with E-state index >= 15 is 0 Å². The van der Waals surface area contributed by atoms with Crippen LogP contribution in [0.25, 0.3) is 11.1 Å². The molecule has 2 aliphatic carbocycles. The van der Waals surface area contributed by atoms with Crippen molar-refractivity contribution in [1.29, 1.82) is 0 Å². The van der Waals surface area contributed by atoms with E-state index in [0.29, 0.717) is 53.1 Å². The van der Waals surface area contributed by atoms with E-state index < -0.39 is 0 Å². The number of carbonyl (C=O) groups is 3. The molecule has 4 heterocycles. The highest BCUT2D eigenvalue weighted by Gasteiger charge is 2.32. The van der Waals surface area contributed by atoms with Gasteiger partial charge in [0.05, 0.1) is 41.2 Å². The lowest BCUT2D eigenvalue weighted by molar-refractivity contribution is -0.146. The molecule has 0 bridgehead atoms. The number of hydrogen-bond donors (Lipinski definition) is 3. The number of halogens is 1. The monoisotopic (exact) mass is 824 g/mol. The summed E-state index contributed by atoms with van der Waals surface area (Å²) in [5, 5.41) is 16.5. The highest BCUT2D eigenvalue weighted by Crippen LogP contribution is 2.38. The molecule has 2 saturated carbocycles. The number of carbonyl (C=O) groups excluding carboxylic acids is 3. The molecule has 2 aliphatic heterocycles. The SMILES string of the molecule is COC(=O)C1CCC(CCN2CCc3c(nc(C(=O)Nc4cccc(-c5cccc(NC(=O)c6nc7c(n6C)CCN(C6CCC(O)CC6)C7)c5Cl)c4C)n3C)C2)CC1. The van der Waals surface area contributed by atoms with Gasteiger partial charge in [0.1, 0.15) is 0 Å². The summed E-state index contributed by atoms with van der Waals surface area (Å²) in [5.74, 6) is 0.703. The Morgan fingerprint density at radius 1 is 0.797 bits per heavy atom. The molecule has 2 aromatic carbocycles. The van der Waals surface area contributed by atoms with Crippen molar-refractivity contribution in [2.45, 2.75) is 103 Å². The number of ether oxygens (including phenoxy) is 1. The summed E-state index contributed by atoms with van der Waals surface area (Å²) < 4.78 is 8.78. The second-order valence-electron chi connectivity index (χ2n) is 17.1. The first-order valence-corrected chi connectivity index (χ1v) is 21.7. The first-order valence-electron chi connectivity index (χ1n) is 21.3. The molecule has 4 aromatic rings. The van der Waals surface area contributed by atoms with Crippen LogP contribution in [0, 0.1) is 18.8 Å². The van der Waals surface area contributed by atoms with Gasteiger partial charge in [0.15, 0.2) is 11.6 Å². The Kier molecular flexibility index (Phi) is 12.3. The number of imidazole rings is 2. The van der Waals surface area contributed by atoms with Gasteiger partial charge in [-0.1, -0.05) is 35.9 Å². The maximum absolute atomic E-state index is 13.8. The fourth-order valence-corrected chi connectivity index (χ4v) is 10.2. The molecule has 8 rings (SSSR count). The number of fused-ring (bicyclic) bond motifs is 2. The van der Waals surface area contributed by atoms with Crippen LogP contribution in [0.4, 0.5) is 11.4 Å². The van der Waals surface area contributed by atoms with Crippen molar-refractivity contribution in [3.63, 3.8) is 0 Å². The second-order valence-corrected chi connectivity index (χ2v) is 17.4. The van der Waals surface area contributed by atoms with E-state index in [0.717, 1.165) is 130 Å². The van der Waals surface area contributed by atoms with E-state index in [-0.39, 0.29) is 29.8 Å². The smallest absolute Gasteiger partial charge is 0.308 e. The lowest BCUT2D eigenvalue weighted by atomic mass is 9.80. The zero-order valence-corrected chi connectivity index (χ0v) is 35.5. The number of aromatic nitrogens is 4. The third-order valence-electron chi connectivity index (χ3n) is 13.6. The van der Waals surface area contributed by atoms with Crippen LogP contribution in [-0.2, 0) is 49.6 Å². The topological polar surface area (TPSA) is 147 Å². The lowest BCUT2D eigenvalue weighted by Gasteiger charge is -2.37. The Morgan fingerprint density at radius 3 is 2.05 bits per heavy atom.